The molecule has 0 radical (unpaired) electrons. The first kappa shape index (κ1) is 21.5. The maximum Gasteiger partial charge on any atom is 0.125 e. The van der Waals surface area contributed by atoms with Gasteiger partial charge in [0.1, 0.15) is 11.5 Å². The highest BCUT2D eigenvalue weighted by Crippen LogP contribution is 2.32. The zero-order valence-electron chi connectivity index (χ0n) is 18.8. The van der Waals surface area contributed by atoms with Crippen LogP contribution in [0.3, 0.4) is 0 Å². The Morgan fingerprint density at radius 1 is 0.625 bits per heavy atom. The van der Waals surface area contributed by atoms with Crippen LogP contribution in [0.4, 0.5) is 11.4 Å². The lowest BCUT2D eigenvalue weighted by Crippen LogP contribution is -2.06. The van der Waals surface area contributed by atoms with Crippen LogP contribution in [0.2, 0.25) is 0 Å². The molecule has 0 unspecified atom stereocenters. The first-order valence-corrected chi connectivity index (χ1v) is 11.1. The fourth-order valence-corrected chi connectivity index (χ4v) is 3.69. The SMILES string of the molecule is CCOc1cc(Nc2cccc(-c3cccc(-c4ccccc4)c3)c2)cc(OC(C)C)c1. The van der Waals surface area contributed by atoms with Gasteiger partial charge in [-0.1, -0.05) is 60.7 Å². The summed E-state index contributed by atoms with van der Waals surface area (Å²) in [4.78, 5) is 0. The maximum absolute atomic E-state index is 5.91. The zero-order chi connectivity index (χ0) is 22.3. The van der Waals surface area contributed by atoms with E-state index in [1.165, 1.54) is 16.7 Å². The van der Waals surface area contributed by atoms with Gasteiger partial charge in [0.2, 0.25) is 0 Å². The fourth-order valence-electron chi connectivity index (χ4n) is 3.69. The third kappa shape index (κ3) is 5.50. The van der Waals surface area contributed by atoms with E-state index < -0.39 is 0 Å². The molecule has 0 saturated carbocycles. The minimum atomic E-state index is 0.0972. The molecule has 0 aliphatic rings. The number of rotatable bonds is 8. The lowest BCUT2D eigenvalue weighted by atomic mass is 9.99. The molecule has 4 rings (SSSR count). The van der Waals surface area contributed by atoms with E-state index >= 15 is 0 Å². The highest BCUT2D eigenvalue weighted by atomic mass is 16.5. The Labute approximate surface area is 190 Å². The number of nitrogens with one attached hydrogen (secondary N) is 1. The minimum Gasteiger partial charge on any atom is -0.494 e. The monoisotopic (exact) mass is 423 g/mol. The van der Waals surface area contributed by atoms with Crippen LogP contribution in [0.5, 0.6) is 11.5 Å². The van der Waals surface area contributed by atoms with Crippen molar-refractivity contribution in [2.24, 2.45) is 0 Å². The predicted octanol–water partition coefficient (Wildman–Crippen LogP) is 7.95. The number of hydrogen-bond acceptors (Lipinski definition) is 3. The van der Waals surface area contributed by atoms with Crippen molar-refractivity contribution in [3.63, 3.8) is 0 Å². The zero-order valence-corrected chi connectivity index (χ0v) is 18.8. The number of benzene rings is 4. The third-order valence-corrected chi connectivity index (χ3v) is 5.02. The molecule has 0 aromatic heterocycles. The van der Waals surface area contributed by atoms with E-state index in [2.05, 4.69) is 78.1 Å². The molecule has 1 N–H and O–H groups in total. The van der Waals surface area contributed by atoms with Gasteiger partial charge >= 0.3 is 0 Å². The van der Waals surface area contributed by atoms with Gasteiger partial charge < -0.3 is 14.8 Å². The Kier molecular flexibility index (Phi) is 6.76. The van der Waals surface area contributed by atoms with Crippen LogP contribution in [0.1, 0.15) is 20.8 Å². The van der Waals surface area contributed by atoms with E-state index in [0.29, 0.717) is 6.61 Å². The number of anilines is 2. The third-order valence-electron chi connectivity index (χ3n) is 5.02. The van der Waals surface area contributed by atoms with E-state index in [1.807, 2.05) is 45.0 Å². The van der Waals surface area contributed by atoms with Gasteiger partial charge in [0.25, 0.3) is 0 Å². The lowest BCUT2D eigenvalue weighted by molar-refractivity contribution is 0.240. The Balaban J connectivity index is 1.61. The van der Waals surface area contributed by atoms with Crippen molar-refractivity contribution < 1.29 is 9.47 Å². The largest absolute Gasteiger partial charge is 0.494 e. The topological polar surface area (TPSA) is 30.5 Å². The second-order valence-corrected chi connectivity index (χ2v) is 7.95. The van der Waals surface area contributed by atoms with Gasteiger partial charge in [-0.15, -0.1) is 0 Å². The Morgan fingerprint density at radius 2 is 1.25 bits per heavy atom. The van der Waals surface area contributed by atoms with E-state index in [-0.39, 0.29) is 6.10 Å². The summed E-state index contributed by atoms with van der Waals surface area (Å²) in [6.45, 7) is 6.63. The molecular weight excluding hydrogens is 394 g/mol. The second kappa shape index (κ2) is 10.1. The predicted molar refractivity (Wildman–Crippen MR) is 134 cm³/mol. The quantitative estimate of drug-likeness (QED) is 0.312. The molecule has 0 saturated heterocycles. The normalized spacial score (nSPS) is 10.8. The summed E-state index contributed by atoms with van der Waals surface area (Å²) in [5.41, 5.74) is 6.71. The van der Waals surface area contributed by atoms with Crippen molar-refractivity contribution in [3.8, 4) is 33.8 Å². The van der Waals surface area contributed by atoms with Gasteiger partial charge in [0.15, 0.2) is 0 Å². The Bertz CT molecular complexity index is 1170. The van der Waals surface area contributed by atoms with Crippen LogP contribution in [-0.4, -0.2) is 12.7 Å². The van der Waals surface area contributed by atoms with Gasteiger partial charge in [-0.3, -0.25) is 0 Å². The number of ether oxygens (including phenoxy) is 2. The van der Waals surface area contributed by atoms with Crippen LogP contribution >= 0.6 is 0 Å². The molecule has 0 aliphatic heterocycles. The molecular formula is C29H29NO2. The van der Waals surface area contributed by atoms with Crippen molar-refractivity contribution in [2.75, 3.05) is 11.9 Å². The van der Waals surface area contributed by atoms with Gasteiger partial charge in [-0.2, -0.15) is 0 Å². The molecule has 0 bridgehead atoms. The average molecular weight is 424 g/mol. The summed E-state index contributed by atoms with van der Waals surface area (Å²) in [6.07, 6.45) is 0.0972. The van der Waals surface area contributed by atoms with Crippen LogP contribution in [-0.2, 0) is 0 Å². The maximum atomic E-state index is 5.91. The molecule has 0 aliphatic carbocycles. The molecule has 0 spiro atoms. The van der Waals surface area contributed by atoms with E-state index in [4.69, 9.17) is 9.47 Å². The van der Waals surface area contributed by atoms with Crippen LogP contribution in [0, 0.1) is 0 Å². The molecule has 0 heterocycles. The van der Waals surface area contributed by atoms with Gasteiger partial charge in [0, 0.05) is 29.6 Å². The summed E-state index contributed by atoms with van der Waals surface area (Å²) in [5, 5.41) is 3.51. The minimum absolute atomic E-state index is 0.0972. The van der Waals surface area contributed by atoms with Crippen molar-refractivity contribution in [2.45, 2.75) is 26.9 Å². The average Bonchev–Trinajstić information content (AvgIpc) is 2.80. The molecule has 32 heavy (non-hydrogen) atoms. The van der Waals surface area contributed by atoms with Crippen molar-refractivity contribution in [1.29, 1.82) is 0 Å². The molecule has 162 valence electrons. The first-order chi connectivity index (χ1) is 15.6. The fraction of sp³-hybridized carbons (Fsp3) is 0.172. The summed E-state index contributed by atoms with van der Waals surface area (Å²) in [5.74, 6) is 1.58. The van der Waals surface area contributed by atoms with Crippen LogP contribution in [0.25, 0.3) is 22.3 Å². The summed E-state index contributed by atoms with van der Waals surface area (Å²) in [7, 11) is 0. The van der Waals surface area contributed by atoms with Gasteiger partial charge in [0.05, 0.1) is 12.7 Å². The molecule has 0 atom stereocenters. The molecule has 3 heteroatoms. The molecule has 0 fully saturated rings. The Hall–Kier alpha value is -3.72. The van der Waals surface area contributed by atoms with E-state index in [1.54, 1.807) is 0 Å². The standard InChI is InChI=1S/C29H29NO2/c1-4-31-28-18-27(19-29(20-28)32-21(2)3)30-26-15-9-14-25(17-26)24-13-8-12-23(16-24)22-10-6-5-7-11-22/h5-21,30H,4H2,1-3H3. The van der Waals surface area contributed by atoms with Gasteiger partial charge in [-0.25, -0.2) is 0 Å². The first-order valence-electron chi connectivity index (χ1n) is 11.1. The van der Waals surface area contributed by atoms with Gasteiger partial charge in [-0.05, 0) is 61.2 Å². The summed E-state index contributed by atoms with van der Waals surface area (Å²) < 4.78 is 11.6. The highest BCUT2D eigenvalue weighted by molar-refractivity contribution is 5.76. The van der Waals surface area contributed by atoms with Crippen molar-refractivity contribution in [3.05, 3.63) is 97.1 Å². The summed E-state index contributed by atoms with van der Waals surface area (Å²) >= 11 is 0. The Morgan fingerprint density at radius 3 is 1.97 bits per heavy atom. The molecule has 0 amide bonds. The summed E-state index contributed by atoms with van der Waals surface area (Å²) in [6, 6.07) is 33.5. The van der Waals surface area contributed by atoms with Crippen molar-refractivity contribution >= 4 is 11.4 Å². The van der Waals surface area contributed by atoms with Crippen LogP contribution < -0.4 is 14.8 Å². The lowest BCUT2D eigenvalue weighted by Gasteiger charge is -2.15. The highest BCUT2D eigenvalue weighted by Gasteiger charge is 2.07. The van der Waals surface area contributed by atoms with Crippen molar-refractivity contribution in [1.82, 2.24) is 0 Å². The second-order valence-electron chi connectivity index (χ2n) is 7.95. The smallest absolute Gasteiger partial charge is 0.125 e. The molecule has 4 aromatic carbocycles. The van der Waals surface area contributed by atoms with E-state index in [9.17, 15) is 0 Å². The van der Waals surface area contributed by atoms with Crippen LogP contribution in [0.15, 0.2) is 97.1 Å². The van der Waals surface area contributed by atoms with E-state index in [0.717, 1.165) is 28.4 Å². The number of hydrogen-bond donors (Lipinski definition) is 1. The molecule has 4 aromatic rings. The molecule has 3 nitrogen and oxygen atoms in total.